The molecule has 0 unspecified atom stereocenters. The lowest BCUT2D eigenvalue weighted by Crippen LogP contribution is -1.81. The van der Waals surface area contributed by atoms with Crippen LogP contribution in [0.5, 0.6) is 0 Å². The fraction of sp³-hybridized carbons (Fsp3) is 0.500. The van der Waals surface area contributed by atoms with Crippen molar-refractivity contribution in [3.8, 4) is 0 Å². The van der Waals surface area contributed by atoms with Crippen LogP contribution >= 0.6 is 11.3 Å². The molecule has 0 fully saturated rings. The zero-order chi connectivity index (χ0) is 8.27. The molecule has 0 atom stereocenters. The Kier molecular flexibility index (Phi) is 2.61. The molecular weight excluding hydrogens is 156 g/mol. The van der Waals surface area contributed by atoms with Crippen LogP contribution in [0.3, 0.4) is 0 Å². The van der Waals surface area contributed by atoms with E-state index in [0.717, 1.165) is 9.88 Å². The Balaban J connectivity index is 2.75. The van der Waals surface area contributed by atoms with Crippen LogP contribution in [-0.2, 0) is 6.54 Å². The van der Waals surface area contributed by atoms with Gasteiger partial charge in [-0.05, 0) is 0 Å². The topological polar surface area (TPSA) is 17.2 Å². The minimum atomic E-state index is 0.477. The van der Waals surface area contributed by atoms with Gasteiger partial charge in [-0.3, -0.25) is 0 Å². The van der Waals surface area contributed by atoms with E-state index in [1.54, 1.807) is 17.5 Å². The first-order valence-electron chi connectivity index (χ1n) is 3.52. The number of nitrogens with zero attached hydrogens (tertiary/aromatic N) is 2. The van der Waals surface area contributed by atoms with Crippen LogP contribution in [0.2, 0.25) is 0 Å². The molecule has 2 nitrogen and oxygen atoms in total. The molecule has 0 N–H and O–H groups in total. The fourth-order valence-corrected chi connectivity index (χ4v) is 1.58. The Morgan fingerprint density at radius 2 is 2.45 bits per heavy atom. The molecule has 1 heterocycles. The second-order valence-corrected chi connectivity index (χ2v) is 3.78. The molecule has 1 aromatic heterocycles. The highest BCUT2D eigenvalue weighted by atomic mass is 32.1. The first-order valence-corrected chi connectivity index (χ1v) is 4.33. The van der Waals surface area contributed by atoms with Crippen LogP contribution in [0.1, 0.15) is 29.7 Å². The van der Waals surface area contributed by atoms with Crippen molar-refractivity contribution in [1.29, 1.82) is 0 Å². The Morgan fingerprint density at radius 3 is 2.91 bits per heavy atom. The lowest BCUT2D eigenvalue weighted by atomic mass is 10.2. The van der Waals surface area contributed by atoms with Crippen LogP contribution in [0, 0.1) is 6.57 Å². The summed E-state index contributed by atoms with van der Waals surface area (Å²) < 4.78 is 0. The van der Waals surface area contributed by atoms with Crippen molar-refractivity contribution in [2.75, 3.05) is 0 Å². The summed E-state index contributed by atoms with van der Waals surface area (Å²) in [5.74, 6) is 0.486. The molecule has 0 aliphatic heterocycles. The zero-order valence-electron chi connectivity index (χ0n) is 6.66. The van der Waals surface area contributed by atoms with E-state index in [9.17, 15) is 0 Å². The smallest absolute Gasteiger partial charge is 0.250 e. The molecule has 0 spiro atoms. The molecule has 0 saturated carbocycles. The highest BCUT2D eigenvalue weighted by Crippen LogP contribution is 2.21. The minimum absolute atomic E-state index is 0.477. The van der Waals surface area contributed by atoms with Crippen LogP contribution in [0.25, 0.3) is 4.85 Å². The summed E-state index contributed by atoms with van der Waals surface area (Å²) in [4.78, 5) is 8.58. The van der Waals surface area contributed by atoms with Crippen molar-refractivity contribution in [1.82, 2.24) is 4.98 Å². The van der Waals surface area contributed by atoms with Crippen molar-refractivity contribution in [3.05, 3.63) is 27.5 Å². The summed E-state index contributed by atoms with van der Waals surface area (Å²) in [6.07, 6.45) is 1.80. The van der Waals surface area contributed by atoms with Gasteiger partial charge in [-0.25, -0.2) is 11.6 Å². The molecule has 0 aromatic carbocycles. The highest BCUT2D eigenvalue weighted by Gasteiger charge is 2.06. The third kappa shape index (κ3) is 2.02. The predicted octanol–water partition coefficient (Wildman–Crippen LogP) is 2.69. The van der Waals surface area contributed by atoms with Crippen molar-refractivity contribution in [3.63, 3.8) is 0 Å². The molecule has 0 saturated heterocycles. The Bertz CT molecular complexity index is 270. The zero-order valence-corrected chi connectivity index (χ0v) is 7.48. The second kappa shape index (κ2) is 3.49. The summed E-state index contributed by atoms with van der Waals surface area (Å²) in [6, 6.07) is 0. The van der Waals surface area contributed by atoms with E-state index in [-0.39, 0.29) is 0 Å². The standard InChI is InChI=1S/C8H10N2S/c1-6(2)8-10-5-7(11-8)4-9-3/h5-6H,4H2,1-2H3. The Hall–Kier alpha value is -0.880. The van der Waals surface area contributed by atoms with Crippen molar-refractivity contribution >= 4 is 11.3 Å². The molecule has 0 aliphatic carbocycles. The average Bonchev–Trinajstić information content (AvgIpc) is 2.37. The van der Waals surface area contributed by atoms with Gasteiger partial charge in [0, 0.05) is 12.1 Å². The summed E-state index contributed by atoms with van der Waals surface area (Å²) >= 11 is 1.64. The Labute approximate surface area is 70.7 Å². The predicted molar refractivity (Wildman–Crippen MR) is 46.5 cm³/mol. The first kappa shape index (κ1) is 8.22. The van der Waals surface area contributed by atoms with Gasteiger partial charge in [-0.2, -0.15) is 0 Å². The van der Waals surface area contributed by atoms with E-state index in [1.807, 2.05) is 0 Å². The number of rotatable bonds is 2. The van der Waals surface area contributed by atoms with Gasteiger partial charge in [0.25, 0.3) is 0 Å². The van der Waals surface area contributed by atoms with E-state index in [4.69, 9.17) is 6.57 Å². The van der Waals surface area contributed by atoms with Crippen LogP contribution in [0.4, 0.5) is 0 Å². The quantitative estimate of drug-likeness (QED) is 0.617. The van der Waals surface area contributed by atoms with Crippen LogP contribution < -0.4 is 0 Å². The van der Waals surface area contributed by atoms with E-state index in [2.05, 4.69) is 23.7 Å². The van der Waals surface area contributed by atoms with Crippen molar-refractivity contribution in [2.24, 2.45) is 0 Å². The van der Waals surface area contributed by atoms with E-state index >= 15 is 0 Å². The SMILES string of the molecule is [C-]#[N+]Cc1cnc(C(C)C)s1. The maximum atomic E-state index is 6.66. The average molecular weight is 166 g/mol. The lowest BCUT2D eigenvalue weighted by Gasteiger charge is -1.94. The number of aromatic nitrogens is 1. The summed E-state index contributed by atoms with van der Waals surface area (Å²) in [5, 5.41) is 1.13. The van der Waals surface area contributed by atoms with Gasteiger partial charge in [0.05, 0.1) is 5.01 Å². The number of thiazole rings is 1. The van der Waals surface area contributed by atoms with Gasteiger partial charge in [-0.1, -0.05) is 13.8 Å². The first-order chi connectivity index (χ1) is 5.24. The highest BCUT2D eigenvalue weighted by molar-refractivity contribution is 7.11. The molecule has 11 heavy (non-hydrogen) atoms. The van der Waals surface area contributed by atoms with Gasteiger partial charge in [-0.15, -0.1) is 11.3 Å². The molecule has 0 amide bonds. The van der Waals surface area contributed by atoms with Gasteiger partial charge in [0.15, 0.2) is 0 Å². The van der Waals surface area contributed by atoms with Crippen molar-refractivity contribution in [2.45, 2.75) is 26.3 Å². The molecule has 1 rings (SSSR count). The molecule has 3 heteroatoms. The maximum Gasteiger partial charge on any atom is 0.250 e. The molecule has 0 radical (unpaired) electrons. The summed E-state index contributed by atoms with van der Waals surface area (Å²) in [6.45, 7) is 11.4. The molecule has 0 aliphatic rings. The molecular formula is C8H10N2S. The van der Waals surface area contributed by atoms with Gasteiger partial charge in [0.2, 0.25) is 6.54 Å². The third-order valence-electron chi connectivity index (χ3n) is 1.30. The van der Waals surface area contributed by atoms with E-state index in [1.165, 1.54) is 0 Å². The van der Waals surface area contributed by atoms with Crippen LogP contribution in [-0.4, -0.2) is 4.98 Å². The second-order valence-electron chi connectivity index (χ2n) is 2.64. The van der Waals surface area contributed by atoms with E-state index in [0.29, 0.717) is 12.5 Å². The molecule has 58 valence electrons. The molecule has 1 aromatic rings. The van der Waals surface area contributed by atoms with E-state index < -0.39 is 0 Å². The van der Waals surface area contributed by atoms with Gasteiger partial charge < -0.3 is 4.85 Å². The monoisotopic (exact) mass is 166 g/mol. The largest absolute Gasteiger partial charge is 0.311 e. The summed E-state index contributed by atoms with van der Waals surface area (Å²) in [5.41, 5.74) is 0. The normalized spacial score (nSPS) is 10.0. The third-order valence-corrected chi connectivity index (χ3v) is 2.58. The fourth-order valence-electron chi connectivity index (χ4n) is 0.741. The van der Waals surface area contributed by atoms with Crippen LogP contribution in [0.15, 0.2) is 6.20 Å². The molecule has 0 bridgehead atoms. The number of hydrogen-bond donors (Lipinski definition) is 0. The Morgan fingerprint density at radius 1 is 1.73 bits per heavy atom. The van der Waals surface area contributed by atoms with Gasteiger partial charge >= 0.3 is 0 Å². The minimum Gasteiger partial charge on any atom is -0.311 e. The van der Waals surface area contributed by atoms with Gasteiger partial charge in [0.1, 0.15) is 4.88 Å². The number of hydrogen-bond acceptors (Lipinski definition) is 2. The van der Waals surface area contributed by atoms with Crippen molar-refractivity contribution < 1.29 is 0 Å². The summed E-state index contributed by atoms with van der Waals surface area (Å²) in [7, 11) is 0. The lowest BCUT2D eigenvalue weighted by molar-refractivity contribution is 0.852. The maximum absolute atomic E-state index is 6.66.